The quantitative estimate of drug-likeness (QED) is 0.357. The molecule has 8 heteroatoms. The van der Waals surface area contributed by atoms with Crippen LogP contribution in [-0.2, 0) is 4.79 Å². The van der Waals surface area contributed by atoms with Gasteiger partial charge in [0.2, 0.25) is 11.1 Å². The van der Waals surface area contributed by atoms with Crippen molar-refractivity contribution in [2.24, 2.45) is 0 Å². The van der Waals surface area contributed by atoms with Gasteiger partial charge in [-0.2, -0.15) is 0 Å². The third-order valence-electron chi connectivity index (χ3n) is 5.23. The van der Waals surface area contributed by atoms with Crippen molar-refractivity contribution in [2.45, 2.75) is 44.4 Å². The average Bonchev–Trinajstić information content (AvgIpc) is 2.75. The van der Waals surface area contributed by atoms with E-state index in [1.165, 1.54) is 30.8 Å². The lowest BCUT2D eigenvalue weighted by Gasteiger charge is -2.31. The maximum absolute atomic E-state index is 14.1. The first-order valence-corrected chi connectivity index (χ1v) is 11.3. The number of aromatic nitrogens is 3. The smallest absolute Gasteiger partial charge is 0.291 e. The maximum Gasteiger partial charge on any atom is 0.325 e. The van der Waals surface area contributed by atoms with Crippen LogP contribution < -0.4 is 15.1 Å². The molecule has 6 nitrogen and oxygen atoms in total. The number of benzene rings is 2. The van der Waals surface area contributed by atoms with Crippen LogP contribution in [0.3, 0.4) is 0 Å². The van der Waals surface area contributed by atoms with Gasteiger partial charge in [0.1, 0.15) is 5.82 Å². The van der Waals surface area contributed by atoms with Gasteiger partial charge in [0.05, 0.1) is 11.3 Å². The van der Waals surface area contributed by atoms with Crippen LogP contribution >= 0.6 is 11.8 Å². The number of anilines is 1. The Hall–Kier alpha value is -3.00. The van der Waals surface area contributed by atoms with Crippen molar-refractivity contribution in [3.8, 4) is 11.3 Å². The second-order valence-corrected chi connectivity index (χ2v) is 8.53. The Labute approximate surface area is 184 Å². The number of thioether (sulfide) groups is 1. The summed E-state index contributed by atoms with van der Waals surface area (Å²) in [6.45, 7) is 3.60. The number of nitrogens with zero attached hydrogens (tertiary/aromatic N) is 3. The Morgan fingerprint density at radius 3 is 2.77 bits per heavy atom. The molecule has 0 radical (unpaired) electrons. The molecular formula is C23H24FN4O2S+. The summed E-state index contributed by atoms with van der Waals surface area (Å²) < 4.78 is 15.7. The highest BCUT2D eigenvalue weighted by molar-refractivity contribution is 7.99. The van der Waals surface area contributed by atoms with E-state index in [-0.39, 0.29) is 11.5 Å². The summed E-state index contributed by atoms with van der Waals surface area (Å²) in [5, 5.41) is 5.18. The molecule has 2 aromatic carbocycles. The summed E-state index contributed by atoms with van der Waals surface area (Å²) >= 11 is 1.47. The minimum Gasteiger partial charge on any atom is -0.291 e. The van der Waals surface area contributed by atoms with Gasteiger partial charge in [0.25, 0.3) is 6.17 Å². The molecule has 1 aliphatic rings. The van der Waals surface area contributed by atoms with Gasteiger partial charge in [-0.25, -0.2) is 9.29 Å². The maximum atomic E-state index is 14.1. The first-order valence-electron chi connectivity index (χ1n) is 10.3. The zero-order valence-corrected chi connectivity index (χ0v) is 18.3. The normalized spacial score (nSPS) is 14.8. The number of halogens is 1. The summed E-state index contributed by atoms with van der Waals surface area (Å²) in [5.41, 5.74) is 1.81. The summed E-state index contributed by atoms with van der Waals surface area (Å²) in [6, 6.07) is 13.3. The molecule has 0 fully saturated rings. The highest BCUT2D eigenvalue weighted by Crippen LogP contribution is 2.37. The predicted molar refractivity (Wildman–Crippen MR) is 118 cm³/mol. The molecule has 1 aromatic heterocycles. The van der Waals surface area contributed by atoms with Crippen LogP contribution in [-0.4, -0.2) is 21.7 Å². The molecule has 2 heterocycles. The number of para-hydroxylation sites is 1. The summed E-state index contributed by atoms with van der Waals surface area (Å²) in [4.78, 5) is 30.3. The minimum atomic E-state index is -0.768. The van der Waals surface area contributed by atoms with Crippen molar-refractivity contribution in [3.05, 3.63) is 70.3 Å². The van der Waals surface area contributed by atoms with Crippen LogP contribution in [0.2, 0.25) is 0 Å². The lowest BCUT2D eigenvalue weighted by molar-refractivity contribution is -0.763. The van der Waals surface area contributed by atoms with Gasteiger partial charge >= 0.3 is 11.3 Å². The van der Waals surface area contributed by atoms with E-state index in [0.717, 1.165) is 25.0 Å². The molecule has 1 atom stereocenters. The molecular weight excluding hydrogens is 415 g/mol. The summed E-state index contributed by atoms with van der Waals surface area (Å²) in [5.74, 6) is 0.188. The number of amides is 1. The van der Waals surface area contributed by atoms with Crippen LogP contribution in [0.25, 0.3) is 11.3 Å². The van der Waals surface area contributed by atoms with E-state index < -0.39 is 12.0 Å². The molecule has 4 rings (SSSR count). The second kappa shape index (κ2) is 9.01. The average molecular weight is 440 g/mol. The number of rotatable bonds is 6. The van der Waals surface area contributed by atoms with Crippen LogP contribution in [0.5, 0.6) is 0 Å². The number of aromatic amines is 1. The topological polar surface area (TPSA) is 69.9 Å². The van der Waals surface area contributed by atoms with E-state index in [2.05, 4.69) is 11.9 Å². The fourth-order valence-corrected chi connectivity index (χ4v) is 4.72. The van der Waals surface area contributed by atoms with E-state index in [1.807, 2.05) is 12.1 Å². The van der Waals surface area contributed by atoms with Crippen molar-refractivity contribution in [1.82, 2.24) is 10.1 Å². The van der Waals surface area contributed by atoms with Gasteiger partial charge in [0.15, 0.2) is 0 Å². The number of carbonyl (C=O) groups is 1. The summed E-state index contributed by atoms with van der Waals surface area (Å²) in [6.07, 6.45) is 2.46. The third-order valence-corrected chi connectivity index (χ3v) is 6.18. The first kappa shape index (κ1) is 21.2. The Kier molecular flexibility index (Phi) is 6.18. The van der Waals surface area contributed by atoms with Gasteiger partial charge in [-0.3, -0.25) is 14.6 Å². The number of carbonyl (C=O) groups excluding carboxylic acids is 1. The Balaban J connectivity index is 1.92. The Morgan fingerprint density at radius 1 is 1.23 bits per heavy atom. The van der Waals surface area contributed by atoms with Gasteiger partial charge in [-0.05, 0) is 41.4 Å². The Morgan fingerprint density at radius 2 is 2.03 bits per heavy atom. The van der Waals surface area contributed by atoms with E-state index in [9.17, 15) is 14.0 Å². The van der Waals surface area contributed by atoms with Gasteiger partial charge in [-0.1, -0.05) is 49.7 Å². The highest BCUT2D eigenvalue weighted by atomic mass is 32.2. The molecule has 3 aromatic rings. The monoisotopic (exact) mass is 439 g/mol. The van der Waals surface area contributed by atoms with Crippen LogP contribution in [0.1, 0.15) is 44.8 Å². The molecule has 0 spiro atoms. The molecule has 160 valence electrons. The second-order valence-electron chi connectivity index (χ2n) is 7.44. The molecule has 1 aliphatic heterocycles. The molecule has 0 saturated carbocycles. The van der Waals surface area contributed by atoms with Crippen LogP contribution in [0.4, 0.5) is 10.1 Å². The van der Waals surface area contributed by atoms with Crippen LogP contribution in [0, 0.1) is 5.82 Å². The van der Waals surface area contributed by atoms with Crippen molar-refractivity contribution >= 4 is 23.4 Å². The predicted octanol–water partition coefficient (Wildman–Crippen LogP) is 4.06. The lowest BCUT2D eigenvalue weighted by Crippen LogP contribution is -2.60. The van der Waals surface area contributed by atoms with E-state index in [4.69, 9.17) is 5.10 Å². The van der Waals surface area contributed by atoms with Crippen molar-refractivity contribution in [3.63, 3.8) is 0 Å². The number of hydrogen-bond donors (Lipinski definition) is 1. The SMILES string of the molecule is CCCCCSc1n[n+]2c(c(=O)[nH]1)-c1ccccc1N(C(C)=O)C2c1cccc(F)c1. The fourth-order valence-electron chi connectivity index (χ4n) is 3.87. The van der Waals surface area contributed by atoms with Crippen molar-refractivity contribution in [1.29, 1.82) is 0 Å². The number of unbranched alkanes of at least 4 members (excludes halogenated alkanes) is 2. The van der Waals surface area contributed by atoms with Gasteiger partial charge in [-0.15, -0.1) is 0 Å². The standard InChI is InChI=1S/C23H23FN4O2S/c1-3-4-7-13-31-23-25-21(30)20-18-11-5-6-12-19(18)27(15(2)29)22(28(20)26-23)16-9-8-10-17(24)14-16/h5-6,8-12,14,22H,3-4,7,13H2,1-2H3/p+1. The zero-order chi connectivity index (χ0) is 22.0. The molecule has 1 amide bonds. The lowest BCUT2D eigenvalue weighted by atomic mass is 10.0. The molecule has 1 N–H and O–H groups in total. The van der Waals surface area contributed by atoms with E-state index in [0.29, 0.717) is 27.7 Å². The first-order chi connectivity index (χ1) is 15.0. The molecule has 0 saturated heterocycles. The third kappa shape index (κ3) is 4.12. The number of H-pyrrole nitrogens is 1. The largest absolute Gasteiger partial charge is 0.325 e. The molecule has 0 aliphatic carbocycles. The van der Waals surface area contributed by atoms with Crippen LogP contribution in [0.15, 0.2) is 58.5 Å². The highest BCUT2D eigenvalue weighted by Gasteiger charge is 2.44. The van der Waals surface area contributed by atoms with Gasteiger partial charge in [0, 0.05) is 23.3 Å². The van der Waals surface area contributed by atoms with Crippen molar-refractivity contribution in [2.75, 3.05) is 10.7 Å². The molecule has 1 unspecified atom stereocenters. The van der Waals surface area contributed by atoms with E-state index >= 15 is 0 Å². The Bertz CT molecular complexity index is 1180. The van der Waals surface area contributed by atoms with E-state index in [1.54, 1.807) is 33.8 Å². The number of fused-ring (bicyclic) bond motifs is 3. The summed E-state index contributed by atoms with van der Waals surface area (Å²) in [7, 11) is 0. The zero-order valence-electron chi connectivity index (χ0n) is 17.5. The minimum absolute atomic E-state index is 0.223. The van der Waals surface area contributed by atoms with Crippen molar-refractivity contribution < 1.29 is 13.9 Å². The van der Waals surface area contributed by atoms with Gasteiger partial charge < -0.3 is 0 Å². The number of nitrogens with one attached hydrogen (secondary N) is 1. The molecule has 31 heavy (non-hydrogen) atoms. The molecule has 0 bridgehead atoms. The fraction of sp³-hybridized carbons (Fsp3) is 0.304. The number of hydrogen-bond acceptors (Lipinski definition) is 4.